The first-order valence-corrected chi connectivity index (χ1v) is 4.82. The molecule has 0 unspecified atom stereocenters. The summed E-state index contributed by atoms with van der Waals surface area (Å²) >= 11 is 0. The number of methoxy groups -OCH3 is 1. The van der Waals surface area contributed by atoms with Crippen LogP contribution in [0.4, 0.5) is 5.69 Å². The molecule has 1 heterocycles. The van der Waals surface area contributed by atoms with Gasteiger partial charge in [-0.3, -0.25) is 0 Å². The lowest BCUT2D eigenvalue weighted by Crippen LogP contribution is -2.45. The largest absolute Gasteiger partial charge is 0.474 e. The number of ether oxygens (including phenoxy) is 2. The molecule has 2 atom stereocenters. The number of esters is 1. The van der Waals surface area contributed by atoms with Crippen molar-refractivity contribution in [2.24, 2.45) is 0 Å². The van der Waals surface area contributed by atoms with Crippen molar-refractivity contribution in [3.05, 3.63) is 24.3 Å². The lowest BCUT2D eigenvalue weighted by Gasteiger charge is -2.30. The van der Waals surface area contributed by atoms with Gasteiger partial charge >= 0.3 is 5.97 Å². The fraction of sp³-hybridized carbons (Fsp3) is 0.364. The molecule has 0 aromatic heterocycles. The van der Waals surface area contributed by atoms with Crippen molar-refractivity contribution in [1.29, 1.82) is 0 Å². The Labute approximate surface area is 88.2 Å². The summed E-state index contributed by atoms with van der Waals surface area (Å²) in [6, 6.07) is 7.43. The maximum atomic E-state index is 11.4. The second-order valence-electron chi connectivity index (χ2n) is 3.49. The number of carbonyl (C=O) groups is 1. The van der Waals surface area contributed by atoms with Gasteiger partial charge in [-0.05, 0) is 19.1 Å². The highest BCUT2D eigenvalue weighted by Crippen LogP contribution is 2.30. The van der Waals surface area contributed by atoms with Crippen LogP contribution in [0.2, 0.25) is 0 Å². The van der Waals surface area contributed by atoms with Crippen LogP contribution in [0.5, 0.6) is 5.75 Å². The van der Waals surface area contributed by atoms with Gasteiger partial charge in [0.25, 0.3) is 0 Å². The minimum Gasteiger partial charge on any atom is -0.474 e. The van der Waals surface area contributed by atoms with E-state index < -0.39 is 6.10 Å². The molecule has 4 heteroatoms. The minimum atomic E-state index is -0.579. The van der Waals surface area contributed by atoms with Gasteiger partial charge in [-0.1, -0.05) is 12.1 Å². The molecule has 0 spiro atoms. The highest BCUT2D eigenvalue weighted by molar-refractivity contribution is 5.78. The van der Waals surface area contributed by atoms with Gasteiger partial charge in [0.1, 0.15) is 5.75 Å². The summed E-state index contributed by atoms with van der Waals surface area (Å²) in [6.45, 7) is 1.89. The molecule has 2 rings (SSSR count). The van der Waals surface area contributed by atoms with Gasteiger partial charge in [0.15, 0.2) is 0 Å². The van der Waals surface area contributed by atoms with E-state index in [9.17, 15) is 4.79 Å². The van der Waals surface area contributed by atoms with Gasteiger partial charge in [-0.2, -0.15) is 0 Å². The third-order valence-corrected chi connectivity index (χ3v) is 2.41. The Hall–Kier alpha value is -1.71. The second kappa shape index (κ2) is 3.81. The molecule has 1 aromatic rings. The van der Waals surface area contributed by atoms with Crippen molar-refractivity contribution in [3.8, 4) is 5.75 Å². The van der Waals surface area contributed by atoms with E-state index in [1.54, 1.807) is 0 Å². The van der Waals surface area contributed by atoms with Gasteiger partial charge in [0.05, 0.1) is 18.8 Å². The zero-order valence-corrected chi connectivity index (χ0v) is 8.69. The molecule has 1 aliphatic heterocycles. The maximum Gasteiger partial charge on any atom is 0.349 e. The van der Waals surface area contributed by atoms with Crippen LogP contribution in [0.15, 0.2) is 24.3 Å². The predicted molar refractivity (Wildman–Crippen MR) is 56.0 cm³/mol. The first kappa shape index (κ1) is 9.83. The van der Waals surface area contributed by atoms with Crippen molar-refractivity contribution >= 4 is 11.7 Å². The van der Waals surface area contributed by atoms with Gasteiger partial charge in [0, 0.05) is 0 Å². The molecule has 1 aliphatic rings. The predicted octanol–water partition coefficient (Wildman–Crippen LogP) is 1.42. The van der Waals surface area contributed by atoms with Crippen LogP contribution >= 0.6 is 0 Å². The number of carbonyl (C=O) groups excluding carboxylic acids is 1. The fourth-order valence-electron chi connectivity index (χ4n) is 1.62. The monoisotopic (exact) mass is 207 g/mol. The summed E-state index contributed by atoms with van der Waals surface area (Å²) in [5.41, 5.74) is 0.908. The molecule has 15 heavy (non-hydrogen) atoms. The summed E-state index contributed by atoms with van der Waals surface area (Å²) in [4.78, 5) is 11.4. The smallest absolute Gasteiger partial charge is 0.349 e. The van der Waals surface area contributed by atoms with Crippen molar-refractivity contribution < 1.29 is 14.3 Å². The molecular weight excluding hydrogens is 194 g/mol. The lowest BCUT2D eigenvalue weighted by atomic mass is 10.1. The average Bonchev–Trinajstić information content (AvgIpc) is 2.27. The van der Waals surface area contributed by atoms with Gasteiger partial charge < -0.3 is 14.8 Å². The molecule has 0 radical (unpaired) electrons. The van der Waals surface area contributed by atoms with E-state index in [1.165, 1.54) is 7.11 Å². The summed E-state index contributed by atoms with van der Waals surface area (Å²) in [7, 11) is 1.36. The van der Waals surface area contributed by atoms with Crippen molar-refractivity contribution in [1.82, 2.24) is 0 Å². The number of hydrogen-bond acceptors (Lipinski definition) is 4. The molecular formula is C11H13NO3. The van der Waals surface area contributed by atoms with E-state index >= 15 is 0 Å². The molecule has 4 nitrogen and oxygen atoms in total. The molecule has 1 aromatic carbocycles. The fourth-order valence-corrected chi connectivity index (χ4v) is 1.62. The molecule has 0 amide bonds. The summed E-state index contributed by atoms with van der Waals surface area (Å²) in [6.07, 6.45) is -0.579. The zero-order valence-electron chi connectivity index (χ0n) is 8.69. The van der Waals surface area contributed by atoms with Gasteiger partial charge in [0.2, 0.25) is 6.10 Å². The number of fused-ring (bicyclic) bond motifs is 1. The molecule has 0 aliphatic carbocycles. The van der Waals surface area contributed by atoms with Crippen LogP contribution in [0.25, 0.3) is 0 Å². The standard InChI is InChI=1S/C11H13NO3/c1-7-10(11(13)14-2)15-9-6-4-3-5-8(9)12-7/h3-7,10,12H,1-2H3/t7-,10+/m0/s1. The topological polar surface area (TPSA) is 47.6 Å². The minimum absolute atomic E-state index is 0.0904. The molecule has 1 N–H and O–H groups in total. The summed E-state index contributed by atoms with van der Waals surface area (Å²) in [5.74, 6) is 0.329. The Morgan fingerprint density at radius 3 is 2.93 bits per heavy atom. The number of para-hydroxylation sites is 2. The van der Waals surface area contributed by atoms with E-state index in [4.69, 9.17) is 4.74 Å². The number of anilines is 1. The van der Waals surface area contributed by atoms with Crippen molar-refractivity contribution in [2.45, 2.75) is 19.1 Å². The van der Waals surface area contributed by atoms with E-state index in [0.29, 0.717) is 5.75 Å². The third-order valence-electron chi connectivity index (χ3n) is 2.41. The first-order chi connectivity index (χ1) is 7.22. The number of hydrogen-bond donors (Lipinski definition) is 1. The van der Waals surface area contributed by atoms with Crippen LogP contribution in [-0.2, 0) is 9.53 Å². The van der Waals surface area contributed by atoms with E-state index in [-0.39, 0.29) is 12.0 Å². The summed E-state index contributed by atoms with van der Waals surface area (Å²) < 4.78 is 10.2. The zero-order chi connectivity index (χ0) is 10.8. The van der Waals surface area contributed by atoms with Crippen LogP contribution in [-0.4, -0.2) is 25.2 Å². The Bertz CT molecular complexity index is 378. The quantitative estimate of drug-likeness (QED) is 0.707. The molecule has 0 saturated carbocycles. The number of benzene rings is 1. The second-order valence-corrected chi connectivity index (χ2v) is 3.49. The Morgan fingerprint density at radius 2 is 2.20 bits per heavy atom. The number of rotatable bonds is 1. The van der Waals surface area contributed by atoms with Crippen LogP contribution in [0.3, 0.4) is 0 Å². The molecule has 0 bridgehead atoms. The Morgan fingerprint density at radius 1 is 1.47 bits per heavy atom. The first-order valence-electron chi connectivity index (χ1n) is 4.82. The van der Waals surface area contributed by atoms with Crippen molar-refractivity contribution in [2.75, 3.05) is 12.4 Å². The van der Waals surface area contributed by atoms with Crippen LogP contribution in [0, 0.1) is 0 Å². The van der Waals surface area contributed by atoms with Crippen LogP contribution in [0.1, 0.15) is 6.92 Å². The van der Waals surface area contributed by atoms with Crippen molar-refractivity contribution in [3.63, 3.8) is 0 Å². The van der Waals surface area contributed by atoms with Crippen LogP contribution < -0.4 is 10.1 Å². The molecule has 0 saturated heterocycles. The van der Waals surface area contributed by atoms with E-state index in [2.05, 4.69) is 10.1 Å². The van der Waals surface area contributed by atoms with E-state index in [1.807, 2.05) is 31.2 Å². The summed E-state index contributed by atoms with van der Waals surface area (Å²) in [5, 5.41) is 3.20. The van der Waals surface area contributed by atoms with Gasteiger partial charge in [-0.25, -0.2) is 4.79 Å². The Balaban J connectivity index is 2.25. The van der Waals surface area contributed by atoms with E-state index in [0.717, 1.165) is 5.69 Å². The van der Waals surface area contributed by atoms with Gasteiger partial charge in [-0.15, -0.1) is 0 Å². The molecule has 80 valence electrons. The number of nitrogens with one attached hydrogen (secondary N) is 1. The highest BCUT2D eigenvalue weighted by atomic mass is 16.6. The maximum absolute atomic E-state index is 11.4. The average molecular weight is 207 g/mol. The molecule has 0 fully saturated rings. The highest BCUT2D eigenvalue weighted by Gasteiger charge is 2.32. The third kappa shape index (κ3) is 1.75. The lowest BCUT2D eigenvalue weighted by molar-refractivity contribution is -0.149. The SMILES string of the molecule is COC(=O)[C@@H]1Oc2ccccc2N[C@H]1C. The Kier molecular flexibility index (Phi) is 2.49. The normalized spacial score (nSPS) is 23.3.